The first-order valence-electron chi connectivity index (χ1n) is 6.61. The van der Waals surface area contributed by atoms with E-state index in [1.54, 1.807) is 0 Å². The van der Waals surface area contributed by atoms with Crippen molar-refractivity contribution in [2.45, 2.75) is 26.3 Å². The number of hydrogen-bond acceptors (Lipinski definition) is 4. The zero-order chi connectivity index (χ0) is 16.0. The number of ether oxygens (including phenoxy) is 2. The Labute approximate surface area is 123 Å². The first-order chi connectivity index (χ1) is 9.88. The molecule has 0 saturated carbocycles. The van der Waals surface area contributed by atoms with Crippen molar-refractivity contribution in [2.75, 3.05) is 14.2 Å². The van der Waals surface area contributed by atoms with Crippen LogP contribution in [0.1, 0.15) is 30.6 Å². The molecule has 0 unspecified atom stereocenters. The predicted molar refractivity (Wildman–Crippen MR) is 75.7 cm³/mol. The number of rotatable bonds is 6. The quantitative estimate of drug-likeness (QED) is 0.817. The monoisotopic (exact) mass is 297 g/mol. The molecule has 0 heterocycles. The second kappa shape index (κ2) is 7.61. The molecule has 0 bridgehead atoms. The van der Waals surface area contributed by atoms with E-state index in [0.29, 0.717) is 6.42 Å². The summed E-state index contributed by atoms with van der Waals surface area (Å²) in [6, 6.07) is 3.10. The molecule has 1 amide bonds. The molecule has 0 saturated heterocycles. The van der Waals surface area contributed by atoms with Gasteiger partial charge in [0.05, 0.1) is 14.2 Å². The lowest BCUT2D eigenvalue weighted by molar-refractivity contribution is -0.143. The Morgan fingerprint density at radius 2 is 1.95 bits per heavy atom. The number of hydrogen-bond donors (Lipinski definition) is 1. The van der Waals surface area contributed by atoms with Gasteiger partial charge in [0.2, 0.25) is 0 Å². The minimum atomic E-state index is -0.757. The van der Waals surface area contributed by atoms with Crippen LogP contribution in [0.15, 0.2) is 18.2 Å². The molecule has 1 aromatic carbocycles. The van der Waals surface area contributed by atoms with Gasteiger partial charge < -0.3 is 14.8 Å². The normalized spacial score (nSPS) is 11.9. The maximum atomic E-state index is 13.6. The van der Waals surface area contributed by atoms with Crippen LogP contribution in [0.3, 0.4) is 0 Å². The molecule has 0 aromatic heterocycles. The third kappa shape index (κ3) is 4.73. The van der Waals surface area contributed by atoms with Crippen molar-refractivity contribution in [1.29, 1.82) is 0 Å². The van der Waals surface area contributed by atoms with Gasteiger partial charge in [-0.3, -0.25) is 4.79 Å². The first-order valence-corrected chi connectivity index (χ1v) is 6.61. The highest BCUT2D eigenvalue weighted by Crippen LogP contribution is 2.18. The molecular formula is C15H20FNO4. The Balaban J connectivity index is 2.86. The average Bonchev–Trinajstić information content (AvgIpc) is 2.44. The Kier molecular flexibility index (Phi) is 6.14. The van der Waals surface area contributed by atoms with Crippen molar-refractivity contribution in [3.8, 4) is 5.75 Å². The summed E-state index contributed by atoms with van der Waals surface area (Å²) in [6.45, 7) is 3.85. The molecule has 0 aliphatic rings. The lowest BCUT2D eigenvalue weighted by atomic mass is 10.0. The molecular weight excluding hydrogens is 277 g/mol. The molecule has 21 heavy (non-hydrogen) atoms. The van der Waals surface area contributed by atoms with Crippen molar-refractivity contribution in [3.05, 3.63) is 29.6 Å². The summed E-state index contributed by atoms with van der Waals surface area (Å²) in [5.41, 5.74) is 0.117. The van der Waals surface area contributed by atoms with Gasteiger partial charge in [0, 0.05) is 5.56 Å². The van der Waals surface area contributed by atoms with E-state index in [-0.39, 0.29) is 17.2 Å². The smallest absolute Gasteiger partial charge is 0.328 e. The van der Waals surface area contributed by atoms with Gasteiger partial charge in [0.1, 0.15) is 6.04 Å². The van der Waals surface area contributed by atoms with Gasteiger partial charge in [-0.15, -0.1) is 0 Å². The average molecular weight is 297 g/mol. The highest BCUT2D eigenvalue weighted by atomic mass is 19.1. The van der Waals surface area contributed by atoms with Crippen molar-refractivity contribution < 1.29 is 23.5 Å². The lowest BCUT2D eigenvalue weighted by Crippen LogP contribution is -2.42. The van der Waals surface area contributed by atoms with Crippen molar-refractivity contribution in [2.24, 2.45) is 5.92 Å². The molecule has 0 spiro atoms. The van der Waals surface area contributed by atoms with Gasteiger partial charge >= 0.3 is 5.97 Å². The molecule has 1 rings (SSSR count). The Bertz CT molecular complexity index is 516. The summed E-state index contributed by atoms with van der Waals surface area (Å²) in [5.74, 6) is -1.44. The maximum absolute atomic E-state index is 13.6. The molecule has 1 atom stereocenters. The molecule has 1 aromatic rings. The highest BCUT2D eigenvalue weighted by Gasteiger charge is 2.23. The summed E-state index contributed by atoms with van der Waals surface area (Å²) < 4.78 is 23.0. The van der Waals surface area contributed by atoms with Crippen LogP contribution in [-0.2, 0) is 9.53 Å². The van der Waals surface area contributed by atoms with E-state index in [1.165, 1.54) is 26.4 Å². The second-order valence-electron chi connectivity index (χ2n) is 5.03. The van der Waals surface area contributed by atoms with Crippen LogP contribution in [0.25, 0.3) is 0 Å². The third-order valence-electron chi connectivity index (χ3n) is 2.91. The van der Waals surface area contributed by atoms with Crippen molar-refractivity contribution >= 4 is 11.9 Å². The maximum Gasteiger partial charge on any atom is 0.328 e. The number of carbonyl (C=O) groups is 2. The number of carbonyl (C=O) groups excluding carboxylic acids is 2. The topological polar surface area (TPSA) is 64.6 Å². The summed E-state index contributed by atoms with van der Waals surface area (Å²) in [6.07, 6.45) is 0.442. The van der Waals surface area contributed by atoms with Crippen LogP contribution in [0.2, 0.25) is 0 Å². The SMILES string of the molecule is COC(=O)[C@H](CC(C)C)NC(=O)c1ccc(OC)c(F)c1. The van der Waals surface area contributed by atoms with Crippen LogP contribution in [-0.4, -0.2) is 32.1 Å². The molecule has 6 heteroatoms. The van der Waals surface area contributed by atoms with Crippen LogP contribution in [0, 0.1) is 11.7 Å². The van der Waals surface area contributed by atoms with E-state index in [4.69, 9.17) is 4.74 Å². The van der Waals surface area contributed by atoms with E-state index in [9.17, 15) is 14.0 Å². The standard InChI is InChI=1S/C15H20FNO4/c1-9(2)7-12(15(19)21-4)17-14(18)10-5-6-13(20-3)11(16)8-10/h5-6,8-9,12H,7H2,1-4H3,(H,17,18)/t12-/m0/s1. The Hall–Kier alpha value is -2.11. The van der Waals surface area contributed by atoms with Crippen LogP contribution < -0.4 is 10.1 Å². The van der Waals surface area contributed by atoms with Crippen LogP contribution in [0.5, 0.6) is 5.75 Å². The molecule has 0 fully saturated rings. The number of amides is 1. The zero-order valence-corrected chi connectivity index (χ0v) is 12.6. The Morgan fingerprint density at radius 3 is 2.43 bits per heavy atom. The van der Waals surface area contributed by atoms with Gasteiger partial charge in [0.25, 0.3) is 5.91 Å². The minimum Gasteiger partial charge on any atom is -0.494 e. The number of halogens is 1. The molecule has 5 nitrogen and oxygen atoms in total. The largest absolute Gasteiger partial charge is 0.494 e. The van der Waals surface area contributed by atoms with E-state index in [0.717, 1.165) is 6.07 Å². The van der Waals surface area contributed by atoms with E-state index >= 15 is 0 Å². The third-order valence-corrected chi connectivity index (χ3v) is 2.91. The minimum absolute atomic E-state index is 0.0539. The van der Waals surface area contributed by atoms with Gasteiger partial charge in [-0.2, -0.15) is 0 Å². The summed E-state index contributed by atoms with van der Waals surface area (Å²) in [4.78, 5) is 23.7. The van der Waals surface area contributed by atoms with E-state index in [1.807, 2.05) is 13.8 Å². The van der Waals surface area contributed by atoms with Crippen LogP contribution >= 0.6 is 0 Å². The fraction of sp³-hybridized carbons (Fsp3) is 0.467. The summed E-state index contributed by atoms with van der Waals surface area (Å²) >= 11 is 0. The zero-order valence-electron chi connectivity index (χ0n) is 12.6. The number of methoxy groups -OCH3 is 2. The van der Waals surface area contributed by atoms with Gasteiger partial charge in [0.15, 0.2) is 11.6 Å². The molecule has 0 aliphatic heterocycles. The Morgan fingerprint density at radius 1 is 1.29 bits per heavy atom. The van der Waals surface area contributed by atoms with Gasteiger partial charge in [-0.1, -0.05) is 13.8 Å². The fourth-order valence-corrected chi connectivity index (χ4v) is 1.88. The first kappa shape index (κ1) is 16.9. The molecule has 0 radical (unpaired) electrons. The molecule has 0 aliphatic carbocycles. The fourth-order valence-electron chi connectivity index (χ4n) is 1.88. The van der Waals surface area contributed by atoms with Crippen molar-refractivity contribution in [1.82, 2.24) is 5.32 Å². The van der Waals surface area contributed by atoms with E-state index in [2.05, 4.69) is 10.1 Å². The molecule has 116 valence electrons. The van der Waals surface area contributed by atoms with Gasteiger partial charge in [-0.05, 0) is 30.5 Å². The summed E-state index contributed by atoms with van der Waals surface area (Å²) in [5, 5.41) is 2.56. The second-order valence-corrected chi connectivity index (χ2v) is 5.03. The number of esters is 1. The number of nitrogens with one attached hydrogen (secondary N) is 1. The van der Waals surface area contributed by atoms with Crippen molar-refractivity contribution in [3.63, 3.8) is 0 Å². The lowest BCUT2D eigenvalue weighted by Gasteiger charge is -2.18. The highest BCUT2D eigenvalue weighted by molar-refractivity contribution is 5.96. The molecule has 1 N–H and O–H groups in total. The van der Waals surface area contributed by atoms with Crippen LogP contribution in [0.4, 0.5) is 4.39 Å². The van der Waals surface area contributed by atoms with Gasteiger partial charge in [-0.25, -0.2) is 9.18 Å². The number of benzene rings is 1. The summed E-state index contributed by atoms with van der Waals surface area (Å²) in [7, 11) is 2.60. The predicted octanol–water partition coefficient (Wildman–Crippen LogP) is 2.15. The van der Waals surface area contributed by atoms with E-state index < -0.39 is 23.7 Å².